The Morgan fingerprint density at radius 2 is 0.946 bits per heavy atom. The van der Waals surface area contributed by atoms with Crippen LogP contribution in [-0.2, 0) is 42.8 Å². The molecular formula is C47H74O9. The number of esters is 2. The van der Waals surface area contributed by atoms with E-state index in [2.05, 4.69) is 54.2 Å². The fourth-order valence-electron chi connectivity index (χ4n) is 14.8. The summed E-state index contributed by atoms with van der Waals surface area (Å²) in [6.45, 7) is 23.9. The maximum atomic E-state index is 12.4. The van der Waals surface area contributed by atoms with E-state index < -0.39 is 5.79 Å². The zero-order valence-electron chi connectivity index (χ0n) is 36.0. The molecule has 8 fully saturated rings. The summed E-state index contributed by atoms with van der Waals surface area (Å²) in [5, 5.41) is 0. The van der Waals surface area contributed by atoms with Gasteiger partial charge in [-0.3, -0.25) is 9.59 Å². The zero-order chi connectivity index (χ0) is 40.3. The van der Waals surface area contributed by atoms with E-state index in [1.54, 1.807) is 6.92 Å². The normalized spacial score (nSPS) is 47.6. The van der Waals surface area contributed by atoms with Gasteiger partial charge in [0.05, 0.1) is 26.4 Å². The van der Waals surface area contributed by atoms with Crippen LogP contribution in [0.1, 0.15) is 145 Å². The van der Waals surface area contributed by atoms with Gasteiger partial charge in [-0.05, 0) is 118 Å². The van der Waals surface area contributed by atoms with Crippen LogP contribution in [0.15, 0.2) is 12.7 Å². The van der Waals surface area contributed by atoms with Gasteiger partial charge in [-0.25, -0.2) is 0 Å². The predicted octanol–water partition coefficient (Wildman–Crippen LogP) is 9.24. The molecule has 0 aromatic carbocycles. The summed E-state index contributed by atoms with van der Waals surface area (Å²) >= 11 is 0. The summed E-state index contributed by atoms with van der Waals surface area (Å²) in [5.74, 6) is 1.86. The number of hydrogen-bond acceptors (Lipinski definition) is 9. The van der Waals surface area contributed by atoms with Gasteiger partial charge in [-0.1, -0.05) is 47.6 Å². The van der Waals surface area contributed by atoms with Gasteiger partial charge in [-0.2, -0.15) is 0 Å². The van der Waals surface area contributed by atoms with Crippen LogP contribution in [-0.4, -0.2) is 68.4 Å². The van der Waals surface area contributed by atoms with Crippen LogP contribution >= 0.6 is 0 Å². The molecule has 0 bridgehead atoms. The summed E-state index contributed by atoms with van der Waals surface area (Å²) in [5.41, 5.74) is -0.182. The number of carbonyl (C=O) groups is 3. The second-order valence-corrected chi connectivity index (χ2v) is 20.8. The van der Waals surface area contributed by atoms with Gasteiger partial charge in [0, 0.05) is 54.3 Å². The fourth-order valence-corrected chi connectivity index (χ4v) is 14.8. The minimum absolute atomic E-state index is 0.0138. The largest absolute Gasteiger partial charge is 0.462 e. The lowest BCUT2D eigenvalue weighted by atomic mass is 9.50. The third kappa shape index (κ3) is 6.76. The number of carbonyl (C=O) groups excluding carboxylic acids is 3. The molecule has 14 atom stereocenters. The van der Waals surface area contributed by atoms with Crippen molar-refractivity contribution in [2.45, 2.75) is 169 Å². The second kappa shape index (κ2) is 15.7. The standard InChI is InChI=1S/C24H38O4.C23H36O5/c1-6-18-19(22(4)10-7-16(2)15-21(22)28-17(3)25)8-11-23(5)20(18)9-12-24(23)26-13-14-27-24;1-15-5-8-21(3,20(13-15)28-16(2)25)18-6-9-22(4)19(17(18)14-24)7-10-23(22)26-11-12-27-23/h6,16,18-21H,1,7-15H2,2-5H3;14-15,17-20H,5-13H2,1-4H3/t16-,18+,19?,20?,21-,22+,23-;15-,17+,18?,19?,20-,21+,22-/m00/s1. The average molecular weight is 783 g/mol. The van der Waals surface area contributed by atoms with Crippen LogP contribution < -0.4 is 0 Å². The van der Waals surface area contributed by atoms with E-state index in [9.17, 15) is 14.4 Å². The van der Waals surface area contributed by atoms with Crippen molar-refractivity contribution >= 4 is 18.2 Å². The molecule has 6 saturated carbocycles. The van der Waals surface area contributed by atoms with Crippen molar-refractivity contribution < 1.29 is 42.8 Å². The number of allylic oxidation sites excluding steroid dienone is 1. The second-order valence-electron chi connectivity index (χ2n) is 20.8. The number of aldehydes is 1. The Morgan fingerprint density at radius 1 is 0.571 bits per heavy atom. The summed E-state index contributed by atoms with van der Waals surface area (Å²) in [6.07, 6.45) is 17.9. The molecule has 2 saturated heterocycles. The van der Waals surface area contributed by atoms with E-state index in [0.29, 0.717) is 56.0 Å². The van der Waals surface area contributed by atoms with Crippen molar-refractivity contribution in [3.8, 4) is 0 Å². The summed E-state index contributed by atoms with van der Waals surface area (Å²) in [7, 11) is 0. The lowest BCUT2D eigenvalue weighted by molar-refractivity contribution is -0.243. The highest BCUT2D eigenvalue weighted by atomic mass is 16.7. The first kappa shape index (κ1) is 42.3. The summed E-state index contributed by atoms with van der Waals surface area (Å²) in [6, 6.07) is 0. The summed E-state index contributed by atoms with van der Waals surface area (Å²) < 4.78 is 36.6. The first-order valence-electron chi connectivity index (χ1n) is 22.5. The van der Waals surface area contributed by atoms with Crippen LogP contribution in [0.5, 0.6) is 0 Å². The Labute approximate surface area is 337 Å². The Kier molecular flexibility index (Phi) is 11.8. The smallest absolute Gasteiger partial charge is 0.302 e. The summed E-state index contributed by atoms with van der Waals surface area (Å²) in [4.78, 5) is 36.1. The fraction of sp³-hybridized carbons (Fsp3) is 0.894. The Morgan fingerprint density at radius 3 is 1.32 bits per heavy atom. The molecule has 8 rings (SSSR count). The monoisotopic (exact) mass is 783 g/mol. The molecule has 4 unspecified atom stereocenters. The lowest BCUT2D eigenvalue weighted by Crippen LogP contribution is -2.56. The van der Waals surface area contributed by atoms with Gasteiger partial charge in [0.2, 0.25) is 0 Å². The molecule has 0 N–H and O–H groups in total. The van der Waals surface area contributed by atoms with Crippen LogP contribution in [0.4, 0.5) is 0 Å². The van der Waals surface area contributed by atoms with E-state index in [1.807, 2.05) is 0 Å². The molecule has 9 nitrogen and oxygen atoms in total. The molecule has 9 heteroatoms. The molecular weight excluding hydrogens is 709 g/mol. The average Bonchev–Trinajstić information content (AvgIpc) is 3.95. The Balaban J connectivity index is 0.000000172. The molecule has 316 valence electrons. The molecule has 0 aromatic rings. The highest BCUT2D eigenvalue weighted by Gasteiger charge is 2.68. The van der Waals surface area contributed by atoms with E-state index in [0.717, 1.165) is 83.5 Å². The van der Waals surface area contributed by atoms with Crippen molar-refractivity contribution in [1.29, 1.82) is 0 Å². The van der Waals surface area contributed by atoms with Gasteiger partial charge in [0.25, 0.3) is 0 Å². The van der Waals surface area contributed by atoms with E-state index in [1.165, 1.54) is 19.6 Å². The maximum absolute atomic E-state index is 12.4. The molecule has 56 heavy (non-hydrogen) atoms. The van der Waals surface area contributed by atoms with Crippen LogP contribution in [0, 0.1) is 69.0 Å². The number of ether oxygens (including phenoxy) is 6. The van der Waals surface area contributed by atoms with E-state index >= 15 is 0 Å². The third-order valence-electron chi connectivity index (χ3n) is 18.1. The first-order chi connectivity index (χ1) is 26.5. The Bertz CT molecular complexity index is 1360. The molecule has 0 radical (unpaired) electrons. The van der Waals surface area contributed by atoms with E-state index in [4.69, 9.17) is 28.4 Å². The predicted molar refractivity (Wildman–Crippen MR) is 213 cm³/mol. The van der Waals surface area contributed by atoms with Crippen molar-refractivity contribution in [1.82, 2.24) is 0 Å². The van der Waals surface area contributed by atoms with Crippen molar-refractivity contribution in [3.63, 3.8) is 0 Å². The number of hydrogen-bond donors (Lipinski definition) is 0. The lowest BCUT2D eigenvalue weighted by Gasteiger charge is -2.57. The van der Waals surface area contributed by atoms with Crippen LogP contribution in [0.2, 0.25) is 0 Å². The SMILES string of the molecule is C=C[C@H]1C2CCC3(OCCO3)[C@@]2(C)CCC1[C@@]1(C)CC[C@H](C)C[C@@H]1OC(C)=O.CC(=O)O[C@H]1C[C@@H](C)CC[C@]1(C)C1CC[C@@]2(C)C(CCC23OCCO3)[C@@H]1C=O. The quantitative estimate of drug-likeness (QED) is 0.148. The Hall–Kier alpha value is -1.81. The maximum Gasteiger partial charge on any atom is 0.302 e. The molecule has 8 aliphatic rings. The minimum atomic E-state index is -0.499. The van der Waals surface area contributed by atoms with Gasteiger partial charge in [0.15, 0.2) is 11.6 Å². The minimum Gasteiger partial charge on any atom is -0.462 e. The number of rotatable bonds is 6. The van der Waals surface area contributed by atoms with Gasteiger partial charge >= 0.3 is 11.9 Å². The van der Waals surface area contributed by atoms with Gasteiger partial charge < -0.3 is 33.2 Å². The molecule has 2 aliphatic heterocycles. The molecule has 0 amide bonds. The van der Waals surface area contributed by atoms with Crippen molar-refractivity contribution in [3.05, 3.63) is 12.7 Å². The molecule has 6 aliphatic carbocycles. The van der Waals surface area contributed by atoms with E-state index in [-0.39, 0.29) is 69.3 Å². The van der Waals surface area contributed by atoms with Gasteiger partial charge in [-0.15, -0.1) is 6.58 Å². The molecule has 2 spiro atoms. The van der Waals surface area contributed by atoms with Crippen molar-refractivity contribution in [2.75, 3.05) is 26.4 Å². The van der Waals surface area contributed by atoms with Crippen LogP contribution in [0.3, 0.4) is 0 Å². The third-order valence-corrected chi connectivity index (χ3v) is 18.1. The van der Waals surface area contributed by atoms with Gasteiger partial charge in [0.1, 0.15) is 18.5 Å². The highest BCUT2D eigenvalue weighted by molar-refractivity contribution is 5.66. The molecule has 0 aromatic heterocycles. The first-order valence-corrected chi connectivity index (χ1v) is 22.5. The van der Waals surface area contributed by atoms with Crippen molar-refractivity contribution in [2.24, 2.45) is 69.0 Å². The molecule has 2 heterocycles. The topological polar surface area (TPSA) is 107 Å². The number of fused-ring (bicyclic) bond motifs is 4. The van der Waals surface area contributed by atoms with Crippen LogP contribution in [0.25, 0.3) is 0 Å². The zero-order valence-corrected chi connectivity index (χ0v) is 36.0. The highest BCUT2D eigenvalue weighted by Crippen LogP contribution is 2.68.